The first kappa shape index (κ1) is 17.1. The Hall–Kier alpha value is -0.910. The maximum Gasteiger partial charge on any atom is 0.317 e. The summed E-state index contributed by atoms with van der Waals surface area (Å²) in [5.41, 5.74) is -0.521. The Balaban J connectivity index is 2.74. The molecule has 116 valence electrons. The second kappa shape index (κ2) is 7.76. The number of carbonyl (C=O) groups is 2. The van der Waals surface area contributed by atoms with Crippen molar-refractivity contribution in [2.45, 2.75) is 57.0 Å². The zero-order valence-corrected chi connectivity index (χ0v) is 13.5. The fourth-order valence-electron chi connectivity index (χ4n) is 2.94. The third kappa shape index (κ3) is 4.58. The summed E-state index contributed by atoms with van der Waals surface area (Å²) in [6.45, 7) is 1.97. The summed E-state index contributed by atoms with van der Waals surface area (Å²) in [4.78, 5) is 25.1. The number of hydrogen-bond donors (Lipinski definition) is 2. The summed E-state index contributed by atoms with van der Waals surface area (Å²) >= 11 is 1.68. The van der Waals surface area contributed by atoms with Gasteiger partial charge in [0.25, 0.3) is 0 Å². The molecule has 0 radical (unpaired) electrons. The molecule has 0 saturated heterocycles. The maximum atomic E-state index is 12.3. The molecule has 1 rings (SSSR count). The standard InChI is InChI=1S/C14H26N2O3S/c1-11(10-20-3)15-13(19)16(2)14(9-12(17)18)7-5-4-6-8-14/h11H,4-10H2,1-3H3,(H,15,19)(H,17,18). The average Bonchev–Trinajstić information content (AvgIpc) is 2.38. The normalized spacial score (nSPS) is 19.1. The van der Waals surface area contributed by atoms with Crippen LogP contribution in [0.5, 0.6) is 0 Å². The molecule has 0 bridgehead atoms. The van der Waals surface area contributed by atoms with Crippen molar-refractivity contribution >= 4 is 23.8 Å². The van der Waals surface area contributed by atoms with Crippen molar-refractivity contribution in [2.24, 2.45) is 0 Å². The van der Waals surface area contributed by atoms with Crippen LogP contribution >= 0.6 is 11.8 Å². The summed E-state index contributed by atoms with van der Waals surface area (Å²) < 4.78 is 0. The molecule has 6 heteroatoms. The largest absolute Gasteiger partial charge is 0.481 e. The number of hydrogen-bond acceptors (Lipinski definition) is 3. The van der Waals surface area contributed by atoms with Crippen molar-refractivity contribution in [3.8, 4) is 0 Å². The van der Waals surface area contributed by atoms with Crippen LogP contribution in [-0.4, -0.2) is 52.6 Å². The summed E-state index contributed by atoms with van der Waals surface area (Å²) in [6.07, 6.45) is 6.70. The topological polar surface area (TPSA) is 69.6 Å². The van der Waals surface area contributed by atoms with Crippen LogP contribution in [0.3, 0.4) is 0 Å². The van der Waals surface area contributed by atoms with Gasteiger partial charge in [-0.3, -0.25) is 4.79 Å². The van der Waals surface area contributed by atoms with Crippen LogP contribution in [0.25, 0.3) is 0 Å². The Kier molecular flexibility index (Phi) is 6.65. The number of rotatable bonds is 6. The Morgan fingerprint density at radius 2 is 1.95 bits per heavy atom. The van der Waals surface area contributed by atoms with Gasteiger partial charge in [-0.15, -0.1) is 0 Å². The molecule has 0 heterocycles. The van der Waals surface area contributed by atoms with Crippen LogP contribution in [0.4, 0.5) is 4.79 Å². The van der Waals surface area contributed by atoms with Crippen molar-refractivity contribution in [1.29, 1.82) is 0 Å². The highest BCUT2D eigenvalue weighted by Gasteiger charge is 2.40. The monoisotopic (exact) mass is 302 g/mol. The fraction of sp³-hybridized carbons (Fsp3) is 0.857. The highest BCUT2D eigenvalue weighted by molar-refractivity contribution is 7.98. The summed E-state index contributed by atoms with van der Waals surface area (Å²) in [6, 6.07) is -0.0693. The summed E-state index contributed by atoms with van der Waals surface area (Å²) in [7, 11) is 1.73. The minimum atomic E-state index is -0.830. The van der Waals surface area contributed by atoms with E-state index in [0.717, 1.165) is 37.9 Å². The number of carbonyl (C=O) groups excluding carboxylic acids is 1. The quantitative estimate of drug-likeness (QED) is 0.791. The van der Waals surface area contributed by atoms with Crippen LogP contribution in [0.15, 0.2) is 0 Å². The Bertz CT molecular complexity index is 343. The van der Waals surface area contributed by atoms with Gasteiger partial charge in [0.15, 0.2) is 0 Å². The Morgan fingerprint density at radius 1 is 1.35 bits per heavy atom. The molecule has 0 aliphatic heterocycles. The van der Waals surface area contributed by atoms with E-state index < -0.39 is 11.5 Å². The molecule has 0 aromatic heterocycles. The van der Waals surface area contributed by atoms with Gasteiger partial charge in [-0.2, -0.15) is 11.8 Å². The number of urea groups is 1. The molecule has 20 heavy (non-hydrogen) atoms. The molecule has 2 amide bonds. The summed E-state index contributed by atoms with van der Waals surface area (Å²) in [5.74, 6) is 0.0228. The van der Waals surface area contributed by atoms with Gasteiger partial charge in [-0.1, -0.05) is 19.3 Å². The van der Waals surface area contributed by atoms with E-state index in [9.17, 15) is 9.59 Å². The molecule has 5 nitrogen and oxygen atoms in total. The molecular weight excluding hydrogens is 276 g/mol. The van der Waals surface area contributed by atoms with E-state index in [1.165, 1.54) is 0 Å². The molecule has 1 unspecified atom stereocenters. The first-order chi connectivity index (χ1) is 9.41. The predicted octanol–water partition coefficient (Wildman–Crippen LogP) is 2.56. The van der Waals surface area contributed by atoms with Crippen LogP contribution < -0.4 is 5.32 Å². The van der Waals surface area contributed by atoms with E-state index in [2.05, 4.69) is 5.32 Å². The molecule has 2 N–H and O–H groups in total. The van der Waals surface area contributed by atoms with Crippen molar-refractivity contribution in [2.75, 3.05) is 19.1 Å². The zero-order chi connectivity index (χ0) is 15.2. The van der Waals surface area contributed by atoms with Crippen molar-refractivity contribution in [3.63, 3.8) is 0 Å². The lowest BCUT2D eigenvalue weighted by atomic mass is 9.78. The van der Waals surface area contributed by atoms with Gasteiger partial charge in [0, 0.05) is 18.8 Å². The molecule has 1 aliphatic rings. The lowest BCUT2D eigenvalue weighted by molar-refractivity contribution is -0.140. The third-order valence-electron chi connectivity index (χ3n) is 4.07. The van der Waals surface area contributed by atoms with Crippen LogP contribution in [0.1, 0.15) is 45.4 Å². The van der Waals surface area contributed by atoms with Crippen LogP contribution in [-0.2, 0) is 4.79 Å². The smallest absolute Gasteiger partial charge is 0.317 e. The number of amides is 2. The molecule has 0 spiro atoms. The second-order valence-electron chi connectivity index (χ2n) is 5.72. The number of nitrogens with zero attached hydrogens (tertiary/aromatic N) is 1. The van der Waals surface area contributed by atoms with E-state index >= 15 is 0 Å². The zero-order valence-electron chi connectivity index (χ0n) is 12.6. The van der Waals surface area contributed by atoms with E-state index in [4.69, 9.17) is 5.11 Å². The van der Waals surface area contributed by atoms with Crippen LogP contribution in [0, 0.1) is 0 Å². The first-order valence-corrected chi connectivity index (χ1v) is 8.56. The van der Waals surface area contributed by atoms with E-state index in [0.29, 0.717) is 0 Å². The van der Waals surface area contributed by atoms with Crippen molar-refractivity contribution in [3.05, 3.63) is 0 Å². The van der Waals surface area contributed by atoms with Gasteiger partial charge in [0.2, 0.25) is 0 Å². The number of thioether (sulfide) groups is 1. The Labute approximate surface area is 125 Å². The fourth-order valence-corrected chi connectivity index (χ4v) is 3.52. The average molecular weight is 302 g/mol. The predicted molar refractivity (Wildman–Crippen MR) is 82.2 cm³/mol. The molecule has 0 aromatic carbocycles. The molecule has 0 aromatic rings. The number of aliphatic carboxylic acids is 1. The van der Waals surface area contributed by atoms with Crippen molar-refractivity contribution < 1.29 is 14.7 Å². The minimum absolute atomic E-state index is 0.0355. The Morgan fingerprint density at radius 3 is 2.45 bits per heavy atom. The number of carboxylic acid groups (broad SMARTS) is 1. The maximum absolute atomic E-state index is 12.3. The highest BCUT2D eigenvalue weighted by atomic mass is 32.2. The molecular formula is C14H26N2O3S. The third-order valence-corrected chi connectivity index (χ3v) is 4.90. The van der Waals surface area contributed by atoms with Crippen LogP contribution in [0.2, 0.25) is 0 Å². The molecule has 1 fully saturated rings. The van der Waals surface area contributed by atoms with Gasteiger partial charge in [0.1, 0.15) is 0 Å². The second-order valence-corrected chi connectivity index (χ2v) is 6.63. The van der Waals surface area contributed by atoms with E-state index in [1.807, 2.05) is 13.2 Å². The minimum Gasteiger partial charge on any atom is -0.481 e. The molecule has 1 atom stereocenters. The lowest BCUT2D eigenvalue weighted by Crippen LogP contribution is -2.56. The van der Waals surface area contributed by atoms with Crippen molar-refractivity contribution in [1.82, 2.24) is 10.2 Å². The van der Waals surface area contributed by atoms with Gasteiger partial charge in [-0.05, 0) is 26.0 Å². The van der Waals surface area contributed by atoms with Gasteiger partial charge in [-0.25, -0.2) is 4.79 Å². The SMILES string of the molecule is CSCC(C)NC(=O)N(C)C1(CC(=O)O)CCCCC1. The molecule has 1 aliphatic carbocycles. The number of carboxylic acids is 1. The molecule has 1 saturated carbocycles. The first-order valence-electron chi connectivity index (χ1n) is 7.16. The highest BCUT2D eigenvalue weighted by Crippen LogP contribution is 2.35. The lowest BCUT2D eigenvalue weighted by Gasteiger charge is -2.44. The van der Waals surface area contributed by atoms with E-state index in [1.54, 1.807) is 23.7 Å². The van der Waals surface area contributed by atoms with Gasteiger partial charge in [0.05, 0.1) is 12.0 Å². The summed E-state index contributed by atoms with van der Waals surface area (Å²) in [5, 5.41) is 12.1. The number of nitrogens with one attached hydrogen (secondary N) is 1. The van der Waals surface area contributed by atoms with Gasteiger partial charge < -0.3 is 15.3 Å². The van der Waals surface area contributed by atoms with E-state index in [-0.39, 0.29) is 18.5 Å². The van der Waals surface area contributed by atoms with Gasteiger partial charge >= 0.3 is 12.0 Å².